The van der Waals surface area contributed by atoms with Crippen molar-refractivity contribution in [2.24, 2.45) is 0 Å². The summed E-state index contributed by atoms with van der Waals surface area (Å²) in [5, 5.41) is 3.29. The quantitative estimate of drug-likeness (QED) is 0.726. The van der Waals surface area contributed by atoms with E-state index in [2.05, 4.69) is 23.3 Å². The number of pyridine rings is 1. The van der Waals surface area contributed by atoms with Crippen LogP contribution < -0.4 is 5.32 Å². The minimum atomic E-state index is 0. The molecule has 2 heterocycles. The first-order valence-electron chi connectivity index (χ1n) is 3.94. The molecule has 0 spiro atoms. The third-order valence-corrected chi connectivity index (χ3v) is 2.16. The van der Waals surface area contributed by atoms with Crippen LogP contribution in [-0.2, 0) is 13.1 Å². The predicted molar refractivity (Wildman–Crippen MR) is 58.8 cm³/mol. The molecular formula is C9H14Cl2N2. The second-order valence-corrected chi connectivity index (χ2v) is 3.11. The molecule has 0 aromatic carbocycles. The second kappa shape index (κ2) is 4.80. The van der Waals surface area contributed by atoms with Crippen molar-refractivity contribution < 1.29 is 0 Å². The summed E-state index contributed by atoms with van der Waals surface area (Å²) >= 11 is 0. The summed E-state index contributed by atoms with van der Waals surface area (Å²) in [6, 6.07) is 2.14. The van der Waals surface area contributed by atoms with E-state index in [-0.39, 0.29) is 24.8 Å². The van der Waals surface area contributed by atoms with E-state index < -0.39 is 0 Å². The van der Waals surface area contributed by atoms with Gasteiger partial charge in [0.1, 0.15) is 0 Å². The summed E-state index contributed by atoms with van der Waals surface area (Å²) in [7, 11) is 0. The van der Waals surface area contributed by atoms with Crippen LogP contribution in [0.4, 0.5) is 0 Å². The Hall–Kier alpha value is -0.310. The van der Waals surface area contributed by atoms with Gasteiger partial charge in [0.15, 0.2) is 0 Å². The molecule has 74 valence electrons. The SMILES string of the molecule is Cc1cc(C)c2c(n1)CNC2.Cl.Cl. The Labute approximate surface area is 91.0 Å². The van der Waals surface area contributed by atoms with Crippen molar-refractivity contribution in [1.29, 1.82) is 0 Å². The van der Waals surface area contributed by atoms with E-state index in [0.717, 1.165) is 18.8 Å². The van der Waals surface area contributed by atoms with Crippen molar-refractivity contribution in [3.8, 4) is 0 Å². The molecular weight excluding hydrogens is 207 g/mol. The van der Waals surface area contributed by atoms with Crippen LogP contribution in [0.25, 0.3) is 0 Å². The zero-order valence-corrected chi connectivity index (χ0v) is 9.39. The molecule has 1 aliphatic heterocycles. The van der Waals surface area contributed by atoms with Gasteiger partial charge in [0.25, 0.3) is 0 Å². The van der Waals surface area contributed by atoms with Gasteiger partial charge in [-0.15, -0.1) is 24.8 Å². The maximum Gasteiger partial charge on any atom is 0.0592 e. The van der Waals surface area contributed by atoms with Gasteiger partial charge in [-0.05, 0) is 31.0 Å². The van der Waals surface area contributed by atoms with E-state index >= 15 is 0 Å². The predicted octanol–water partition coefficient (Wildman–Crippen LogP) is 2.15. The van der Waals surface area contributed by atoms with Crippen LogP contribution in [-0.4, -0.2) is 4.98 Å². The van der Waals surface area contributed by atoms with Crippen LogP contribution in [0.2, 0.25) is 0 Å². The topological polar surface area (TPSA) is 24.9 Å². The normalized spacial score (nSPS) is 12.8. The molecule has 4 heteroatoms. The third kappa shape index (κ3) is 2.33. The van der Waals surface area contributed by atoms with Crippen molar-refractivity contribution in [3.05, 3.63) is 28.6 Å². The highest BCUT2D eigenvalue weighted by molar-refractivity contribution is 5.85. The fourth-order valence-electron chi connectivity index (χ4n) is 1.63. The van der Waals surface area contributed by atoms with Crippen molar-refractivity contribution in [2.75, 3.05) is 0 Å². The number of aryl methyl sites for hydroxylation is 2. The van der Waals surface area contributed by atoms with E-state index in [1.54, 1.807) is 0 Å². The lowest BCUT2D eigenvalue weighted by atomic mass is 10.1. The molecule has 0 bridgehead atoms. The van der Waals surface area contributed by atoms with Gasteiger partial charge in [-0.2, -0.15) is 0 Å². The van der Waals surface area contributed by atoms with Gasteiger partial charge in [0.05, 0.1) is 5.69 Å². The molecule has 0 radical (unpaired) electrons. The second-order valence-electron chi connectivity index (χ2n) is 3.11. The van der Waals surface area contributed by atoms with Gasteiger partial charge in [0.2, 0.25) is 0 Å². The van der Waals surface area contributed by atoms with Crippen LogP contribution in [0.5, 0.6) is 0 Å². The fraction of sp³-hybridized carbons (Fsp3) is 0.444. The molecule has 1 aliphatic rings. The molecule has 0 fully saturated rings. The first kappa shape index (κ1) is 12.7. The number of fused-ring (bicyclic) bond motifs is 1. The largest absolute Gasteiger partial charge is 0.307 e. The smallest absolute Gasteiger partial charge is 0.0592 e. The molecule has 1 aromatic rings. The number of hydrogen-bond acceptors (Lipinski definition) is 2. The Morgan fingerprint density at radius 3 is 2.62 bits per heavy atom. The van der Waals surface area contributed by atoms with Gasteiger partial charge >= 0.3 is 0 Å². The Morgan fingerprint density at radius 1 is 1.23 bits per heavy atom. The zero-order valence-electron chi connectivity index (χ0n) is 7.76. The average molecular weight is 221 g/mol. The molecule has 0 aliphatic carbocycles. The first-order valence-corrected chi connectivity index (χ1v) is 3.94. The van der Waals surface area contributed by atoms with Crippen molar-refractivity contribution in [3.63, 3.8) is 0 Å². The lowest BCUT2D eigenvalue weighted by molar-refractivity contribution is 0.756. The molecule has 0 amide bonds. The Balaban J connectivity index is 0.000000720. The van der Waals surface area contributed by atoms with Crippen molar-refractivity contribution in [2.45, 2.75) is 26.9 Å². The highest BCUT2D eigenvalue weighted by Crippen LogP contribution is 2.17. The van der Waals surface area contributed by atoms with E-state index in [1.807, 2.05) is 6.92 Å². The summed E-state index contributed by atoms with van der Waals surface area (Å²) in [6.07, 6.45) is 0. The molecule has 0 saturated heterocycles. The molecule has 0 atom stereocenters. The van der Waals surface area contributed by atoms with Gasteiger partial charge < -0.3 is 5.32 Å². The summed E-state index contributed by atoms with van der Waals surface area (Å²) in [5.41, 5.74) is 5.14. The fourth-order valence-corrected chi connectivity index (χ4v) is 1.63. The highest BCUT2D eigenvalue weighted by Gasteiger charge is 2.13. The molecule has 2 nitrogen and oxygen atoms in total. The summed E-state index contributed by atoms with van der Waals surface area (Å²) < 4.78 is 0. The molecule has 0 saturated carbocycles. The lowest BCUT2D eigenvalue weighted by Crippen LogP contribution is -2.00. The average Bonchev–Trinajstić information content (AvgIpc) is 2.34. The zero-order chi connectivity index (χ0) is 7.84. The summed E-state index contributed by atoms with van der Waals surface area (Å²) in [4.78, 5) is 4.45. The van der Waals surface area contributed by atoms with E-state index in [0.29, 0.717) is 0 Å². The van der Waals surface area contributed by atoms with E-state index in [4.69, 9.17) is 0 Å². The third-order valence-electron chi connectivity index (χ3n) is 2.16. The van der Waals surface area contributed by atoms with Crippen LogP contribution in [0, 0.1) is 13.8 Å². The highest BCUT2D eigenvalue weighted by atomic mass is 35.5. The van der Waals surface area contributed by atoms with Crippen molar-refractivity contribution >= 4 is 24.8 Å². The standard InChI is InChI=1S/C9H12N2.2ClH/c1-6-3-7(2)11-9-5-10-4-8(6)9;;/h3,10H,4-5H2,1-2H3;2*1H. The Morgan fingerprint density at radius 2 is 1.92 bits per heavy atom. The first-order chi connectivity index (χ1) is 5.27. The van der Waals surface area contributed by atoms with Crippen LogP contribution in [0.3, 0.4) is 0 Å². The summed E-state index contributed by atoms with van der Waals surface area (Å²) in [5.74, 6) is 0. The van der Waals surface area contributed by atoms with E-state index in [1.165, 1.54) is 16.8 Å². The van der Waals surface area contributed by atoms with Crippen LogP contribution >= 0.6 is 24.8 Å². The van der Waals surface area contributed by atoms with Gasteiger partial charge in [-0.1, -0.05) is 0 Å². The number of nitrogens with zero attached hydrogens (tertiary/aromatic N) is 1. The minimum Gasteiger partial charge on any atom is -0.307 e. The van der Waals surface area contributed by atoms with Gasteiger partial charge in [-0.3, -0.25) is 4.98 Å². The van der Waals surface area contributed by atoms with Gasteiger partial charge in [0, 0.05) is 18.8 Å². The molecule has 0 unspecified atom stereocenters. The van der Waals surface area contributed by atoms with Crippen molar-refractivity contribution in [1.82, 2.24) is 10.3 Å². The number of halogens is 2. The van der Waals surface area contributed by atoms with Gasteiger partial charge in [-0.25, -0.2) is 0 Å². The number of nitrogens with one attached hydrogen (secondary N) is 1. The minimum absolute atomic E-state index is 0. The number of aromatic nitrogens is 1. The Bertz CT molecular complexity index is 300. The monoisotopic (exact) mass is 220 g/mol. The van der Waals surface area contributed by atoms with Crippen LogP contribution in [0.15, 0.2) is 6.07 Å². The number of hydrogen-bond donors (Lipinski definition) is 1. The molecule has 13 heavy (non-hydrogen) atoms. The summed E-state index contributed by atoms with van der Waals surface area (Å²) in [6.45, 7) is 6.14. The van der Waals surface area contributed by atoms with E-state index in [9.17, 15) is 0 Å². The number of rotatable bonds is 0. The Kier molecular flexibility index (Phi) is 4.68. The van der Waals surface area contributed by atoms with Crippen LogP contribution in [0.1, 0.15) is 22.5 Å². The molecule has 1 N–H and O–H groups in total. The maximum absolute atomic E-state index is 4.45. The molecule has 2 rings (SSSR count). The lowest BCUT2D eigenvalue weighted by Gasteiger charge is -2.02. The maximum atomic E-state index is 4.45. The molecule has 1 aromatic heterocycles.